The molecule has 4 rings (SSSR count). The van der Waals surface area contributed by atoms with Gasteiger partial charge in [-0.3, -0.25) is 9.59 Å². The highest BCUT2D eigenvalue weighted by Gasteiger charge is 2.40. The van der Waals surface area contributed by atoms with Crippen LogP contribution in [0.15, 0.2) is 35.3 Å². The van der Waals surface area contributed by atoms with E-state index in [1.54, 1.807) is 25.0 Å². The molecule has 1 aromatic carbocycles. The van der Waals surface area contributed by atoms with Crippen molar-refractivity contribution in [2.75, 3.05) is 14.2 Å². The van der Waals surface area contributed by atoms with Gasteiger partial charge in [0, 0.05) is 30.9 Å². The molecule has 2 aliphatic rings. The molecule has 2 bridgehead atoms. The van der Waals surface area contributed by atoms with E-state index in [0.29, 0.717) is 42.1 Å². The molecule has 2 N–H and O–H groups in total. The molecule has 0 radical (unpaired) electrons. The monoisotopic (exact) mass is 411 g/mol. The van der Waals surface area contributed by atoms with Crippen molar-refractivity contribution >= 4 is 5.91 Å². The lowest BCUT2D eigenvalue weighted by atomic mass is 9.95. The summed E-state index contributed by atoms with van der Waals surface area (Å²) in [5.74, 6) is 1.06. The number of carbonyl (C=O) groups is 1. The van der Waals surface area contributed by atoms with Crippen molar-refractivity contribution in [2.24, 2.45) is 0 Å². The first-order chi connectivity index (χ1) is 14.5. The van der Waals surface area contributed by atoms with Crippen LogP contribution >= 0.6 is 0 Å². The molecule has 2 aromatic rings. The van der Waals surface area contributed by atoms with Crippen LogP contribution in [0.25, 0.3) is 0 Å². The normalized spacial score (nSPS) is 22.2. The number of fused-ring (bicyclic) bond motifs is 2. The first-order valence-electron chi connectivity index (χ1n) is 10.5. The molecule has 160 valence electrons. The Balaban J connectivity index is 1.48. The lowest BCUT2D eigenvalue weighted by molar-refractivity contribution is 0.0928. The predicted octanol–water partition coefficient (Wildman–Crippen LogP) is 2.04. The summed E-state index contributed by atoms with van der Waals surface area (Å²) in [6, 6.07) is 8.49. The molecule has 0 aliphatic carbocycles. The minimum Gasteiger partial charge on any atom is -0.493 e. The zero-order chi connectivity index (χ0) is 21.3. The number of methoxy groups -OCH3 is 2. The summed E-state index contributed by atoms with van der Waals surface area (Å²) in [6.45, 7) is 2.29. The number of aromatic nitrogens is 1. The third-order valence-corrected chi connectivity index (χ3v) is 6.31. The van der Waals surface area contributed by atoms with Crippen LogP contribution in [0.2, 0.25) is 0 Å². The fourth-order valence-electron chi connectivity index (χ4n) is 4.63. The van der Waals surface area contributed by atoms with Crippen LogP contribution in [0.5, 0.6) is 11.5 Å². The van der Waals surface area contributed by atoms with Gasteiger partial charge in [-0.15, -0.1) is 0 Å². The molecule has 1 aromatic heterocycles. The zero-order valence-electron chi connectivity index (χ0n) is 17.7. The van der Waals surface area contributed by atoms with Crippen molar-refractivity contribution in [1.29, 1.82) is 0 Å². The molecular weight excluding hydrogens is 382 g/mol. The van der Waals surface area contributed by atoms with Gasteiger partial charge in [-0.1, -0.05) is 6.07 Å². The number of pyridine rings is 1. The fraction of sp³-hybridized carbons (Fsp3) is 0.478. The number of amides is 1. The lowest BCUT2D eigenvalue weighted by Gasteiger charge is -2.22. The highest BCUT2D eigenvalue weighted by atomic mass is 16.5. The van der Waals surface area contributed by atoms with Crippen LogP contribution in [0.1, 0.15) is 40.7 Å². The Bertz CT molecular complexity index is 1000. The number of carbonyl (C=O) groups excluding carboxylic acids is 1. The van der Waals surface area contributed by atoms with E-state index in [2.05, 4.69) is 10.6 Å². The maximum absolute atomic E-state index is 13.1. The van der Waals surface area contributed by atoms with E-state index in [1.807, 2.05) is 31.2 Å². The summed E-state index contributed by atoms with van der Waals surface area (Å²) < 4.78 is 12.2. The van der Waals surface area contributed by atoms with Gasteiger partial charge in [-0.25, -0.2) is 0 Å². The summed E-state index contributed by atoms with van der Waals surface area (Å²) in [5, 5.41) is 6.61. The van der Waals surface area contributed by atoms with Crippen LogP contribution in [0.4, 0.5) is 0 Å². The lowest BCUT2D eigenvalue weighted by Crippen LogP contribution is -2.45. The van der Waals surface area contributed by atoms with E-state index in [4.69, 9.17) is 9.47 Å². The highest BCUT2D eigenvalue weighted by molar-refractivity contribution is 5.95. The maximum Gasteiger partial charge on any atom is 0.263 e. The van der Waals surface area contributed by atoms with Crippen molar-refractivity contribution < 1.29 is 14.3 Å². The molecule has 7 heteroatoms. The van der Waals surface area contributed by atoms with E-state index in [0.717, 1.165) is 18.4 Å². The highest BCUT2D eigenvalue weighted by Crippen LogP contribution is 2.29. The SMILES string of the molecule is COc1ccc(CCn2ccc(C)c(C(=O)N[C@H]3C[C@H]4CC[C@@H]3N4)c2=O)cc1OC. The number of nitrogens with zero attached hydrogens (tertiary/aromatic N) is 1. The predicted molar refractivity (Wildman–Crippen MR) is 115 cm³/mol. The number of benzene rings is 1. The second kappa shape index (κ2) is 8.52. The number of hydrogen-bond acceptors (Lipinski definition) is 5. The summed E-state index contributed by atoms with van der Waals surface area (Å²) in [5.41, 5.74) is 1.73. The van der Waals surface area contributed by atoms with Crippen LogP contribution < -0.4 is 25.7 Å². The number of nitrogens with one attached hydrogen (secondary N) is 2. The summed E-state index contributed by atoms with van der Waals surface area (Å²) in [7, 11) is 3.20. The van der Waals surface area contributed by atoms with Gasteiger partial charge in [0.1, 0.15) is 5.56 Å². The largest absolute Gasteiger partial charge is 0.493 e. The topological polar surface area (TPSA) is 81.6 Å². The van der Waals surface area contributed by atoms with Gasteiger partial charge in [0.05, 0.1) is 14.2 Å². The maximum atomic E-state index is 13.1. The Morgan fingerprint density at radius 3 is 2.67 bits per heavy atom. The third kappa shape index (κ3) is 3.94. The molecule has 3 heterocycles. The Hall–Kier alpha value is -2.80. The Morgan fingerprint density at radius 1 is 1.20 bits per heavy atom. The molecule has 2 saturated heterocycles. The number of rotatable bonds is 7. The van der Waals surface area contributed by atoms with Gasteiger partial charge in [-0.2, -0.15) is 0 Å². The Morgan fingerprint density at radius 2 is 2.00 bits per heavy atom. The minimum atomic E-state index is -0.266. The van der Waals surface area contributed by atoms with Crippen LogP contribution in [0.3, 0.4) is 0 Å². The minimum absolute atomic E-state index is 0.107. The van der Waals surface area contributed by atoms with E-state index in [9.17, 15) is 9.59 Å². The van der Waals surface area contributed by atoms with Gasteiger partial charge in [0.25, 0.3) is 11.5 Å². The molecule has 0 saturated carbocycles. The Labute approximate surface area is 176 Å². The number of hydrogen-bond donors (Lipinski definition) is 2. The summed E-state index contributed by atoms with van der Waals surface area (Å²) in [6.07, 6.45) is 5.59. The number of ether oxygens (including phenoxy) is 2. The fourth-order valence-corrected chi connectivity index (χ4v) is 4.63. The first-order valence-corrected chi connectivity index (χ1v) is 10.5. The quantitative estimate of drug-likeness (QED) is 0.729. The van der Waals surface area contributed by atoms with E-state index in [1.165, 1.54) is 6.42 Å². The molecule has 1 amide bonds. The molecule has 0 unspecified atom stereocenters. The second-order valence-electron chi connectivity index (χ2n) is 8.17. The third-order valence-electron chi connectivity index (χ3n) is 6.31. The van der Waals surface area contributed by atoms with Crippen LogP contribution in [0, 0.1) is 6.92 Å². The summed E-state index contributed by atoms with van der Waals surface area (Å²) >= 11 is 0. The van der Waals surface area contributed by atoms with Crippen LogP contribution in [-0.4, -0.2) is 42.8 Å². The van der Waals surface area contributed by atoms with Crippen molar-refractivity contribution in [3.05, 3.63) is 57.5 Å². The average Bonchev–Trinajstić information content (AvgIpc) is 3.36. The smallest absolute Gasteiger partial charge is 0.263 e. The molecule has 2 fully saturated rings. The molecule has 2 aliphatic heterocycles. The number of aryl methyl sites for hydroxylation is 3. The van der Waals surface area contributed by atoms with E-state index >= 15 is 0 Å². The van der Waals surface area contributed by atoms with Gasteiger partial charge < -0.3 is 24.7 Å². The van der Waals surface area contributed by atoms with E-state index in [-0.39, 0.29) is 23.1 Å². The molecule has 7 nitrogen and oxygen atoms in total. The van der Waals surface area contributed by atoms with Crippen molar-refractivity contribution in [2.45, 2.75) is 57.3 Å². The van der Waals surface area contributed by atoms with Gasteiger partial charge >= 0.3 is 0 Å². The second-order valence-corrected chi connectivity index (χ2v) is 8.17. The summed E-state index contributed by atoms with van der Waals surface area (Å²) in [4.78, 5) is 26.0. The van der Waals surface area contributed by atoms with Gasteiger partial charge in [0.2, 0.25) is 0 Å². The van der Waals surface area contributed by atoms with Gasteiger partial charge in [-0.05, 0) is 61.9 Å². The molecule has 3 atom stereocenters. The van der Waals surface area contributed by atoms with Crippen molar-refractivity contribution in [1.82, 2.24) is 15.2 Å². The van der Waals surface area contributed by atoms with E-state index < -0.39 is 0 Å². The first kappa shape index (κ1) is 20.5. The standard InChI is InChI=1S/C23H29N3O4/c1-14-8-10-26(11-9-15-4-7-19(29-2)20(12-15)30-3)23(28)21(14)22(27)25-18-13-16-5-6-17(18)24-16/h4,7-8,10,12,16-18,24H,5-6,9,11,13H2,1-3H3,(H,25,27)/t16-,17+,18+/m1/s1. The average molecular weight is 412 g/mol. The van der Waals surface area contributed by atoms with Crippen molar-refractivity contribution in [3.63, 3.8) is 0 Å². The molecular formula is C23H29N3O4. The molecule has 0 spiro atoms. The van der Waals surface area contributed by atoms with Crippen molar-refractivity contribution in [3.8, 4) is 11.5 Å². The van der Waals surface area contributed by atoms with Gasteiger partial charge in [0.15, 0.2) is 11.5 Å². The molecule has 30 heavy (non-hydrogen) atoms. The Kier molecular flexibility index (Phi) is 5.81. The zero-order valence-corrected chi connectivity index (χ0v) is 17.7. The van der Waals surface area contributed by atoms with Crippen LogP contribution in [-0.2, 0) is 13.0 Å².